The van der Waals surface area contributed by atoms with Crippen molar-refractivity contribution in [2.45, 2.75) is 6.61 Å². The van der Waals surface area contributed by atoms with Gasteiger partial charge in [0.25, 0.3) is 0 Å². The normalized spacial score (nSPS) is 10.5. The molecule has 0 saturated heterocycles. The minimum atomic E-state index is 0.236. The number of hydrogen-bond acceptors (Lipinski definition) is 4. The lowest BCUT2D eigenvalue weighted by molar-refractivity contribution is 0.274. The molecule has 1 heterocycles. The number of H-pyrrole nitrogens is 1. The van der Waals surface area contributed by atoms with Crippen molar-refractivity contribution in [3.63, 3.8) is 0 Å². The number of nitrogens with one attached hydrogen (secondary N) is 1. The summed E-state index contributed by atoms with van der Waals surface area (Å²) in [6.07, 6.45) is 0. The molecule has 2 aromatic carbocycles. The Hall–Kier alpha value is -2.31. The van der Waals surface area contributed by atoms with Gasteiger partial charge in [-0.1, -0.05) is 29.8 Å². The van der Waals surface area contributed by atoms with Gasteiger partial charge in [0.1, 0.15) is 6.61 Å². The molecule has 0 atom stereocenters. The van der Waals surface area contributed by atoms with Crippen LogP contribution in [0.25, 0.3) is 5.69 Å². The highest BCUT2D eigenvalue weighted by Crippen LogP contribution is 2.26. The SMILES string of the molecule is COc1ccccc1OCc1n[nH]c(=S)n1-c1cccc(Cl)c1. The first kappa shape index (κ1) is 15.6. The summed E-state index contributed by atoms with van der Waals surface area (Å²) in [5.74, 6) is 1.95. The quantitative estimate of drug-likeness (QED) is 0.704. The van der Waals surface area contributed by atoms with Gasteiger partial charge in [0.15, 0.2) is 22.1 Å². The van der Waals surface area contributed by atoms with E-state index >= 15 is 0 Å². The fourth-order valence-electron chi connectivity index (χ4n) is 2.19. The first-order valence-electron chi connectivity index (χ1n) is 6.87. The summed E-state index contributed by atoms with van der Waals surface area (Å²) in [4.78, 5) is 0. The zero-order chi connectivity index (χ0) is 16.2. The number of aromatic nitrogens is 3. The molecule has 0 unspecified atom stereocenters. The molecular formula is C16H14ClN3O2S. The maximum atomic E-state index is 6.05. The Kier molecular flexibility index (Phi) is 4.64. The molecule has 0 spiro atoms. The largest absolute Gasteiger partial charge is 0.493 e. The number of ether oxygens (including phenoxy) is 2. The first-order chi connectivity index (χ1) is 11.2. The number of benzene rings is 2. The van der Waals surface area contributed by atoms with Gasteiger partial charge >= 0.3 is 0 Å². The molecule has 0 amide bonds. The molecule has 118 valence electrons. The third kappa shape index (κ3) is 3.38. The summed E-state index contributed by atoms with van der Waals surface area (Å²) >= 11 is 11.4. The van der Waals surface area contributed by atoms with Crippen molar-refractivity contribution < 1.29 is 9.47 Å². The van der Waals surface area contributed by atoms with Crippen molar-refractivity contribution in [2.75, 3.05) is 7.11 Å². The number of hydrogen-bond donors (Lipinski definition) is 1. The number of rotatable bonds is 5. The van der Waals surface area contributed by atoms with E-state index in [1.807, 2.05) is 42.5 Å². The Bertz CT molecular complexity index is 876. The Labute approximate surface area is 143 Å². The Morgan fingerprint density at radius 2 is 1.96 bits per heavy atom. The van der Waals surface area contributed by atoms with Gasteiger partial charge in [-0.25, -0.2) is 0 Å². The van der Waals surface area contributed by atoms with Crippen LogP contribution in [0.5, 0.6) is 11.5 Å². The maximum Gasteiger partial charge on any atom is 0.199 e. The second-order valence-electron chi connectivity index (χ2n) is 4.70. The van der Waals surface area contributed by atoms with Crippen LogP contribution in [-0.4, -0.2) is 21.9 Å². The molecular weight excluding hydrogens is 334 g/mol. The van der Waals surface area contributed by atoms with Crippen LogP contribution >= 0.6 is 23.8 Å². The van der Waals surface area contributed by atoms with Crippen LogP contribution in [-0.2, 0) is 6.61 Å². The van der Waals surface area contributed by atoms with Crippen LogP contribution < -0.4 is 9.47 Å². The summed E-state index contributed by atoms with van der Waals surface area (Å²) in [7, 11) is 1.60. The van der Waals surface area contributed by atoms with Gasteiger partial charge in [-0.3, -0.25) is 9.67 Å². The standard InChI is InChI=1S/C16H14ClN3O2S/c1-21-13-7-2-3-8-14(13)22-10-15-18-19-16(23)20(15)12-6-4-5-11(17)9-12/h2-9H,10H2,1H3,(H,19,23). The van der Waals surface area contributed by atoms with Gasteiger partial charge in [-0.2, -0.15) is 5.10 Å². The summed E-state index contributed by atoms with van der Waals surface area (Å²) in [5.41, 5.74) is 0.829. The molecule has 0 radical (unpaired) electrons. The lowest BCUT2D eigenvalue weighted by Crippen LogP contribution is -2.06. The summed E-state index contributed by atoms with van der Waals surface area (Å²) in [6, 6.07) is 14.8. The van der Waals surface area contributed by atoms with Crippen molar-refractivity contribution in [1.82, 2.24) is 14.8 Å². The highest BCUT2D eigenvalue weighted by Gasteiger charge is 2.11. The molecule has 5 nitrogen and oxygen atoms in total. The van der Waals surface area contributed by atoms with Crippen LogP contribution in [0.2, 0.25) is 5.02 Å². The van der Waals surface area contributed by atoms with Gasteiger partial charge in [0.2, 0.25) is 0 Å². The third-order valence-electron chi connectivity index (χ3n) is 3.23. The van der Waals surface area contributed by atoms with Crippen LogP contribution in [0.1, 0.15) is 5.82 Å². The van der Waals surface area contributed by atoms with E-state index in [-0.39, 0.29) is 6.61 Å². The highest BCUT2D eigenvalue weighted by molar-refractivity contribution is 7.71. The average Bonchev–Trinajstić information content (AvgIpc) is 2.94. The Morgan fingerprint density at radius 1 is 1.17 bits per heavy atom. The van der Waals surface area contributed by atoms with Crippen LogP contribution in [0.3, 0.4) is 0 Å². The first-order valence-corrected chi connectivity index (χ1v) is 7.65. The Morgan fingerprint density at radius 3 is 2.70 bits per heavy atom. The molecule has 1 N–H and O–H groups in total. The number of halogens is 1. The summed E-state index contributed by atoms with van der Waals surface area (Å²) in [6.45, 7) is 0.236. The van der Waals surface area contributed by atoms with Gasteiger partial charge in [-0.15, -0.1) is 0 Å². The molecule has 23 heavy (non-hydrogen) atoms. The van der Waals surface area contributed by atoms with Crippen LogP contribution in [0.15, 0.2) is 48.5 Å². The zero-order valence-corrected chi connectivity index (χ0v) is 13.9. The molecule has 0 bridgehead atoms. The molecule has 0 saturated carbocycles. The van der Waals surface area contributed by atoms with Crippen molar-refractivity contribution in [1.29, 1.82) is 0 Å². The monoisotopic (exact) mass is 347 g/mol. The number of para-hydroxylation sites is 2. The van der Waals surface area contributed by atoms with Gasteiger partial charge in [0, 0.05) is 5.02 Å². The molecule has 0 aliphatic carbocycles. The van der Waals surface area contributed by atoms with E-state index in [2.05, 4.69) is 10.2 Å². The molecule has 0 fully saturated rings. The average molecular weight is 348 g/mol. The molecule has 1 aromatic heterocycles. The van der Waals surface area contributed by atoms with E-state index < -0.39 is 0 Å². The third-order valence-corrected chi connectivity index (χ3v) is 3.74. The zero-order valence-electron chi connectivity index (χ0n) is 12.3. The number of methoxy groups -OCH3 is 1. The van der Waals surface area contributed by atoms with Crippen molar-refractivity contribution >= 4 is 23.8 Å². The van der Waals surface area contributed by atoms with E-state index in [0.717, 1.165) is 5.69 Å². The van der Waals surface area contributed by atoms with E-state index in [9.17, 15) is 0 Å². The minimum absolute atomic E-state index is 0.236. The van der Waals surface area contributed by atoms with E-state index in [1.54, 1.807) is 17.7 Å². The van der Waals surface area contributed by atoms with Crippen molar-refractivity contribution in [3.8, 4) is 17.2 Å². The molecule has 0 aliphatic rings. The number of nitrogens with zero attached hydrogens (tertiary/aromatic N) is 2. The number of aromatic amines is 1. The topological polar surface area (TPSA) is 52.1 Å². The van der Waals surface area contributed by atoms with E-state index in [0.29, 0.717) is 27.1 Å². The highest BCUT2D eigenvalue weighted by atomic mass is 35.5. The summed E-state index contributed by atoms with van der Waals surface area (Å²) < 4.78 is 13.3. The molecule has 3 aromatic rings. The van der Waals surface area contributed by atoms with Gasteiger partial charge < -0.3 is 9.47 Å². The summed E-state index contributed by atoms with van der Waals surface area (Å²) in [5, 5.41) is 7.64. The van der Waals surface area contributed by atoms with Crippen molar-refractivity contribution in [3.05, 3.63) is 64.1 Å². The smallest absolute Gasteiger partial charge is 0.199 e. The second kappa shape index (κ2) is 6.85. The lowest BCUT2D eigenvalue weighted by Gasteiger charge is -2.11. The van der Waals surface area contributed by atoms with E-state index in [4.69, 9.17) is 33.3 Å². The molecule has 7 heteroatoms. The minimum Gasteiger partial charge on any atom is -0.493 e. The van der Waals surface area contributed by atoms with Gasteiger partial charge in [-0.05, 0) is 42.5 Å². The predicted molar refractivity (Wildman–Crippen MR) is 91.1 cm³/mol. The van der Waals surface area contributed by atoms with Crippen LogP contribution in [0.4, 0.5) is 0 Å². The fourth-order valence-corrected chi connectivity index (χ4v) is 2.63. The predicted octanol–water partition coefficient (Wildman–Crippen LogP) is 4.17. The van der Waals surface area contributed by atoms with Gasteiger partial charge in [0.05, 0.1) is 12.8 Å². The van der Waals surface area contributed by atoms with Crippen LogP contribution in [0, 0.1) is 4.77 Å². The Balaban J connectivity index is 1.89. The van der Waals surface area contributed by atoms with Crippen molar-refractivity contribution in [2.24, 2.45) is 0 Å². The maximum absolute atomic E-state index is 6.05. The molecule has 3 rings (SSSR count). The van der Waals surface area contributed by atoms with E-state index in [1.165, 1.54) is 0 Å². The lowest BCUT2D eigenvalue weighted by atomic mass is 10.3. The molecule has 0 aliphatic heterocycles. The fraction of sp³-hybridized carbons (Fsp3) is 0.125. The second-order valence-corrected chi connectivity index (χ2v) is 5.52.